The van der Waals surface area contributed by atoms with Crippen LogP contribution in [0.5, 0.6) is 0 Å². The lowest BCUT2D eigenvalue weighted by molar-refractivity contribution is -0.137. The number of halogens is 3. The van der Waals surface area contributed by atoms with Crippen molar-refractivity contribution in [3.63, 3.8) is 0 Å². The van der Waals surface area contributed by atoms with E-state index in [0.29, 0.717) is 30.0 Å². The second-order valence-electron chi connectivity index (χ2n) is 6.48. The zero-order valence-electron chi connectivity index (χ0n) is 15.4. The Kier molecular flexibility index (Phi) is 6.03. The fourth-order valence-electron chi connectivity index (χ4n) is 3.07. The maximum atomic E-state index is 13.0. The molecule has 0 aliphatic carbocycles. The van der Waals surface area contributed by atoms with Crippen molar-refractivity contribution < 1.29 is 27.5 Å². The van der Waals surface area contributed by atoms with E-state index in [0.717, 1.165) is 18.2 Å². The summed E-state index contributed by atoms with van der Waals surface area (Å²) < 4.78 is 43.9. The lowest BCUT2D eigenvalue weighted by Gasteiger charge is -2.36. The van der Waals surface area contributed by atoms with Gasteiger partial charge in [0.15, 0.2) is 0 Å². The van der Waals surface area contributed by atoms with Crippen molar-refractivity contribution in [3.05, 3.63) is 77.9 Å². The highest BCUT2D eigenvalue weighted by atomic mass is 19.4. The van der Waals surface area contributed by atoms with Crippen LogP contribution in [0.4, 0.5) is 18.9 Å². The number of amides is 2. The first-order chi connectivity index (χ1) is 13.8. The van der Waals surface area contributed by atoms with Gasteiger partial charge in [0.1, 0.15) is 0 Å². The molecule has 29 heavy (non-hydrogen) atoms. The molecule has 1 aliphatic heterocycles. The summed E-state index contributed by atoms with van der Waals surface area (Å²) in [5.74, 6) is -0.626. The molecule has 5 nitrogen and oxygen atoms in total. The summed E-state index contributed by atoms with van der Waals surface area (Å²) in [4.78, 5) is 25.9. The van der Waals surface area contributed by atoms with Crippen molar-refractivity contribution in [2.45, 2.75) is 12.2 Å². The van der Waals surface area contributed by atoms with Crippen molar-refractivity contribution >= 4 is 17.5 Å². The molecule has 1 atom stereocenters. The number of carbonyl (C=O) groups is 2. The lowest BCUT2D eigenvalue weighted by Crippen LogP contribution is -2.43. The Balaban J connectivity index is 1.79. The number of nitrogens with zero attached hydrogens (tertiary/aromatic N) is 1. The number of anilines is 1. The van der Waals surface area contributed by atoms with Crippen molar-refractivity contribution in [1.29, 1.82) is 0 Å². The van der Waals surface area contributed by atoms with Gasteiger partial charge in [-0.2, -0.15) is 13.2 Å². The molecule has 1 unspecified atom stereocenters. The van der Waals surface area contributed by atoms with Crippen molar-refractivity contribution in [1.82, 2.24) is 4.90 Å². The number of hydrogen-bond donors (Lipinski definition) is 1. The van der Waals surface area contributed by atoms with Crippen LogP contribution < -0.4 is 5.32 Å². The first-order valence-corrected chi connectivity index (χ1v) is 8.89. The minimum absolute atomic E-state index is 0.199. The highest BCUT2D eigenvalue weighted by molar-refractivity contribution is 5.99. The zero-order chi connectivity index (χ0) is 21.0. The third-order valence-electron chi connectivity index (χ3n) is 4.60. The van der Waals surface area contributed by atoms with E-state index in [-0.39, 0.29) is 18.4 Å². The van der Waals surface area contributed by atoms with Crippen molar-refractivity contribution in [3.8, 4) is 0 Å². The van der Waals surface area contributed by atoms with E-state index < -0.39 is 17.8 Å². The molecule has 2 aromatic rings. The van der Waals surface area contributed by atoms with Crippen LogP contribution in [0.2, 0.25) is 0 Å². The largest absolute Gasteiger partial charge is 0.416 e. The highest BCUT2D eigenvalue weighted by Crippen LogP contribution is 2.32. The van der Waals surface area contributed by atoms with Crippen LogP contribution in [0.3, 0.4) is 0 Å². The first kappa shape index (κ1) is 20.6. The van der Waals surface area contributed by atoms with Gasteiger partial charge >= 0.3 is 6.18 Å². The number of alkyl halides is 3. The predicted molar refractivity (Wildman–Crippen MR) is 101 cm³/mol. The van der Waals surface area contributed by atoms with Crippen LogP contribution in [0.25, 0.3) is 0 Å². The van der Waals surface area contributed by atoms with Gasteiger partial charge in [-0.15, -0.1) is 0 Å². The second-order valence-corrected chi connectivity index (χ2v) is 6.48. The molecule has 1 N–H and O–H groups in total. The van der Waals surface area contributed by atoms with Gasteiger partial charge in [-0.25, -0.2) is 0 Å². The molecule has 1 saturated heterocycles. The quantitative estimate of drug-likeness (QED) is 0.783. The summed E-state index contributed by atoms with van der Waals surface area (Å²) in [6.07, 6.45) is -3.28. The van der Waals surface area contributed by atoms with Crippen molar-refractivity contribution in [2.75, 3.05) is 25.1 Å². The van der Waals surface area contributed by atoms with E-state index in [9.17, 15) is 22.8 Å². The van der Waals surface area contributed by atoms with Gasteiger partial charge in [0.25, 0.3) is 5.91 Å². The molecule has 152 valence electrons. The molecule has 8 heteroatoms. The molecule has 0 radical (unpaired) electrons. The third-order valence-corrected chi connectivity index (χ3v) is 4.60. The Morgan fingerprint density at radius 1 is 1.10 bits per heavy atom. The van der Waals surface area contributed by atoms with Gasteiger partial charge in [0, 0.05) is 17.8 Å². The summed E-state index contributed by atoms with van der Waals surface area (Å²) in [6.45, 7) is 4.23. The van der Waals surface area contributed by atoms with E-state index in [1.807, 2.05) is 0 Å². The molecule has 1 heterocycles. The molecule has 0 saturated carbocycles. The van der Waals surface area contributed by atoms with E-state index in [1.165, 1.54) is 12.1 Å². The van der Waals surface area contributed by atoms with Gasteiger partial charge < -0.3 is 15.0 Å². The fourth-order valence-corrected chi connectivity index (χ4v) is 3.07. The molecule has 2 amide bonds. The van der Waals surface area contributed by atoms with E-state index in [4.69, 9.17) is 4.74 Å². The van der Waals surface area contributed by atoms with Crippen LogP contribution in [-0.4, -0.2) is 36.5 Å². The topological polar surface area (TPSA) is 58.6 Å². The number of hydrogen-bond acceptors (Lipinski definition) is 3. The highest BCUT2D eigenvalue weighted by Gasteiger charge is 2.32. The first-order valence-electron chi connectivity index (χ1n) is 8.89. The summed E-state index contributed by atoms with van der Waals surface area (Å²) in [5.41, 5.74) is 0.752. The van der Waals surface area contributed by atoms with Crippen molar-refractivity contribution in [2.24, 2.45) is 0 Å². The Bertz CT molecular complexity index is 893. The van der Waals surface area contributed by atoms with Gasteiger partial charge in [-0.3, -0.25) is 9.59 Å². The van der Waals surface area contributed by atoms with Gasteiger partial charge in [0.2, 0.25) is 5.91 Å². The number of carbonyl (C=O) groups excluding carboxylic acids is 2. The second kappa shape index (κ2) is 8.48. The van der Waals surface area contributed by atoms with Gasteiger partial charge in [0.05, 0.1) is 24.8 Å². The number of benzene rings is 2. The van der Waals surface area contributed by atoms with E-state index in [2.05, 4.69) is 11.9 Å². The minimum Gasteiger partial charge on any atom is -0.377 e. The molecule has 1 fully saturated rings. The average molecular weight is 404 g/mol. The minimum atomic E-state index is -4.42. The summed E-state index contributed by atoms with van der Waals surface area (Å²) >= 11 is 0. The Hall–Kier alpha value is -3.13. The standard InChI is InChI=1S/C21H19F3N2O3/c1-2-19(27)25-17-9-5-15(6-10-17)20(28)26-11-12-29-13-18(26)14-3-7-16(8-4-14)21(22,23)24/h2-10,18H,1,11-13H2,(H,25,27). The van der Waals surface area contributed by atoms with E-state index in [1.54, 1.807) is 29.2 Å². The Labute approximate surface area is 165 Å². The van der Waals surface area contributed by atoms with Crippen LogP contribution in [0.15, 0.2) is 61.2 Å². The summed E-state index contributed by atoms with van der Waals surface area (Å²) in [6, 6.07) is 10.6. The van der Waals surface area contributed by atoms with Gasteiger partial charge in [-0.05, 0) is 48.0 Å². The van der Waals surface area contributed by atoms with Crippen LogP contribution >= 0.6 is 0 Å². The van der Waals surface area contributed by atoms with Gasteiger partial charge in [-0.1, -0.05) is 18.7 Å². The van der Waals surface area contributed by atoms with Crippen LogP contribution in [-0.2, 0) is 15.7 Å². The maximum Gasteiger partial charge on any atom is 0.416 e. The Morgan fingerprint density at radius 2 is 1.76 bits per heavy atom. The molecule has 1 aliphatic rings. The molecule has 3 rings (SSSR count). The van der Waals surface area contributed by atoms with Crippen LogP contribution in [0, 0.1) is 0 Å². The number of ether oxygens (including phenoxy) is 1. The van der Waals surface area contributed by atoms with Crippen LogP contribution in [0.1, 0.15) is 27.5 Å². The monoisotopic (exact) mass is 404 g/mol. The molecule has 0 bridgehead atoms. The molecular formula is C21H19F3N2O3. The summed E-state index contributed by atoms with van der Waals surface area (Å²) in [7, 11) is 0. The van der Waals surface area contributed by atoms with E-state index >= 15 is 0 Å². The normalized spacial score (nSPS) is 16.9. The molecular weight excluding hydrogens is 385 g/mol. The zero-order valence-corrected chi connectivity index (χ0v) is 15.4. The number of nitrogens with one attached hydrogen (secondary N) is 1. The smallest absolute Gasteiger partial charge is 0.377 e. The Morgan fingerprint density at radius 3 is 2.34 bits per heavy atom. The average Bonchev–Trinajstić information content (AvgIpc) is 2.73. The predicted octanol–water partition coefficient (Wildman–Crippen LogP) is 4.04. The third kappa shape index (κ3) is 4.83. The SMILES string of the molecule is C=CC(=O)Nc1ccc(C(=O)N2CCOCC2c2ccc(C(F)(F)F)cc2)cc1. The number of morpholine rings is 1. The summed E-state index contributed by atoms with van der Waals surface area (Å²) in [5, 5.41) is 2.60. The fraction of sp³-hybridized carbons (Fsp3) is 0.238. The maximum absolute atomic E-state index is 13.0. The molecule has 0 spiro atoms. The number of rotatable bonds is 4. The molecule has 0 aromatic heterocycles. The molecule has 2 aromatic carbocycles. The lowest BCUT2D eigenvalue weighted by atomic mass is 10.0.